The minimum absolute atomic E-state index is 0.202. The number of hydrogen-bond acceptors (Lipinski definition) is 3. The molecule has 0 fully saturated rings. The first-order valence-electron chi connectivity index (χ1n) is 8.32. The minimum atomic E-state index is -0.936. The Balaban J connectivity index is 2.03. The summed E-state index contributed by atoms with van der Waals surface area (Å²) in [5.41, 5.74) is 2.41. The summed E-state index contributed by atoms with van der Waals surface area (Å²) in [6.45, 7) is 1.90. The fourth-order valence-corrected chi connectivity index (χ4v) is 3.29. The lowest BCUT2D eigenvalue weighted by molar-refractivity contribution is -0.151. The molecule has 0 bridgehead atoms. The summed E-state index contributed by atoms with van der Waals surface area (Å²) < 4.78 is 18.8. The van der Waals surface area contributed by atoms with Crippen molar-refractivity contribution in [3.05, 3.63) is 77.6 Å². The molecule has 0 aliphatic heterocycles. The summed E-state index contributed by atoms with van der Waals surface area (Å²) in [5, 5.41) is 0. The molecule has 2 atom stereocenters. The molecular weight excluding hydrogens is 319 g/mol. The molecule has 0 heterocycles. The van der Waals surface area contributed by atoms with Crippen molar-refractivity contribution in [2.75, 3.05) is 6.61 Å². The number of esters is 1. The highest BCUT2D eigenvalue weighted by Crippen LogP contribution is 2.40. The lowest BCUT2D eigenvalue weighted by Gasteiger charge is -2.29. The second kappa shape index (κ2) is 7.43. The van der Waals surface area contributed by atoms with Gasteiger partial charge in [-0.15, -0.1) is 0 Å². The molecule has 0 aromatic heterocycles. The maximum atomic E-state index is 13.7. The molecule has 1 aliphatic rings. The molecule has 2 aromatic rings. The highest BCUT2D eigenvalue weighted by molar-refractivity contribution is 6.10. The number of ether oxygens (including phenoxy) is 1. The first kappa shape index (κ1) is 17.1. The fourth-order valence-electron chi connectivity index (χ4n) is 3.29. The third-order valence-corrected chi connectivity index (χ3v) is 4.43. The smallest absolute Gasteiger partial charge is 0.317 e. The van der Waals surface area contributed by atoms with Crippen molar-refractivity contribution in [1.29, 1.82) is 0 Å². The van der Waals surface area contributed by atoms with Gasteiger partial charge in [0.05, 0.1) is 6.61 Å². The molecule has 128 valence electrons. The molecule has 0 N–H and O–H groups in total. The van der Waals surface area contributed by atoms with Gasteiger partial charge >= 0.3 is 5.97 Å². The lowest BCUT2D eigenvalue weighted by Crippen LogP contribution is -2.34. The second-order valence-electron chi connectivity index (χ2n) is 6.03. The van der Waals surface area contributed by atoms with Gasteiger partial charge in [-0.05, 0) is 48.3 Å². The Morgan fingerprint density at radius 3 is 2.60 bits per heavy atom. The van der Waals surface area contributed by atoms with Crippen LogP contribution >= 0.6 is 0 Å². The van der Waals surface area contributed by atoms with Crippen LogP contribution in [0.4, 0.5) is 4.39 Å². The molecule has 25 heavy (non-hydrogen) atoms. The van der Waals surface area contributed by atoms with E-state index >= 15 is 0 Å². The van der Waals surface area contributed by atoms with Crippen molar-refractivity contribution in [1.82, 2.24) is 0 Å². The minimum Gasteiger partial charge on any atom is -0.465 e. The Morgan fingerprint density at radius 2 is 1.92 bits per heavy atom. The van der Waals surface area contributed by atoms with Crippen molar-refractivity contribution in [3.8, 4) is 0 Å². The van der Waals surface area contributed by atoms with Gasteiger partial charge in [0.2, 0.25) is 0 Å². The first-order chi connectivity index (χ1) is 12.1. The summed E-state index contributed by atoms with van der Waals surface area (Å²) in [6.07, 6.45) is 2.00. The van der Waals surface area contributed by atoms with E-state index in [0.29, 0.717) is 12.0 Å². The molecule has 3 nitrogen and oxygen atoms in total. The molecule has 2 aromatic carbocycles. The molecule has 0 saturated carbocycles. The van der Waals surface area contributed by atoms with Crippen LogP contribution in [0.25, 0.3) is 5.57 Å². The molecule has 3 rings (SSSR count). The van der Waals surface area contributed by atoms with Crippen molar-refractivity contribution in [2.45, 2.75) is 19.3 Å². The molecular formula is C21H19FO3. The maximum absolute atomic E-state index is 13.7. The van der Waals surface area contributed by atoms with Crippen molar-refractivity contribution in [2.24, 2.45) is 5.92 Å². The van der Waals surface area contributed by atoms with Crippen molar-refractivity contribution in [3.63, 3.8) is 0 Å². The molecule has 0 saturated heterocycles. The second-order valence-corrected chi connectivity index (χ2v) is 6.03. The zero-order chi connectivity index (χ0) is 17.8. The summed E-state index contributed by atoms with van der Waals surface area (Å²) in [5.74, 6) is -2.61. The third-order valence-electron chi connectivity index (χ3n) is 4.43. The molecule has 0 amide bonds. The summed E-state index contributed by atoms with van der Waals surface area (Å²) in [6, 6.07) is 15.6. The van der Waals surface area contributed by atoms with E-state index in [0.717, 1.165) is 11.1 Å². The van der Waals surface area contributed by atoms with Gasteiger partial charge < -0.3 is 4.74 Å². The van der Waals surface area contributed by atoms with Gasteiger partial charge in [0.1, 0.15) is 11.7 Å². The van der Waals surface area contributed by atoms with Crippen LogP contribution in [0.2, 0.25) is 0 Å². The van der Waals surface area contributed by atoms with Gasteiger partial charge in [-0.25, -0.2) is 4.39 Å². The van der Waals surface area contributed by atoms with E-state index < -0.39 is 17.8 Å². The quantitative estimate of drug-likeness (QED) is 0.621. The largest absolute Gasteiger partial charge is 0.465 e. The van der Waals surface area contributed by atoms with E-state index in [4.69, 9.17) is 4.74 Å². The molecule has 1 aliphatic carbocycles. The van der Waals surface area contributed by atoms with Gasteiger partial charge in [-0.3, -0.25) is 9.59 Å². The topological polar surface area (TPSA) is 43.4 Å². The number of ketones is 1. The summed E-state index contributed by atoms with van der Waals surface area (Å²) in [4.78, 5) is 25.0. The molecule has 0 radical (unpaired) electrons. The van der Waals surface area contributed by atoms with Crippen LogP contribution in [0, 0.1) is 11.7 Å². The average Bonchev–Trinajstić information content (AvgIpc) is 2.62. The van der Waals surface area contributed by atoms with Crippen LogP contribution in [0.15, 0.2) is 60.7 Å². The van der Waals surface area contributed by atoms with Gasteiger partial charge in [0.25, 0.3) is 0 Å². The Bertz CT molecular complexity index is 811. The van der Waals surface area contributed by atoms with Crippen LogP contribution in [0.1, 0.15) is 30.4 Å². The Kier molecular flexibility index (Phi) is 5.08. The highest BCUT2D eigenvalue weighted by Gasteiger charge is 2.39. The number of rotatable bonds is 4. The maximum Gasteiger partial charge on any atom is 0.317 e. The number of carbonyl (C=O) groups excluding carboxylic acids is 2. The van der Waals surface area contributed by atoms with E-state index in [9.17, 15) is 14.0 Å². The number of benzene rings is 2. The Morgan fingerprint density at radius 1 is 1.16 bits per heavy atom. The van der Waals surface area contributed by atoms with Gasteiger partial charge in [0.15, 0.2) is 5.78 Å². The number of allylic oxidation sites excluding steroid dienone is 2. The number of carbonyl (C=O) groups is 2. The number of halogens is 1. The monoisotopic (exact) mass is 338 g/mol. The zero-order valence-electron chi connectivity index (χ0n) is 13.9. The SMILES string of the molecule is CCOC(=O)C1C(=O)C=C(c2ccccc2)CC1c1cccc(F)c1. The average molecular weight is 338 g/mol. The normalized spacial score (nSPS) is 20.1. The van der Waals surface area contributed by atoms with E-state index in [1.54, 1.807) is 19.1 Å². The molecule has 2 unspecified atom stereocenters. The zero-order valence-corrected chi connectivity index (χ0v) is 13.9. The number of hydrogen-bond donors (Lipinski definition) is 0. The van der Waals surface area contributed by atoms with E-state index in [2.05, 4.69) is 0 Å². The van der Waals surface area contributed by atoms with Crippen LogP contribution < -0.4 is 0 Å². The summed E-state index contributed by atoms with van der Waals surface area (Å²) >= 11 is 0. The van der Waals surface area contributed by atoms with E-state index in [1.807, 2.05) is 30.3 Å². The molecule has 0 spiro atoms. The van der Waals surface area contributed by atoms with Gasteiger partial charge in [0, 0.05) is 5.92 Å². The Hall–Kier alpha value is -2.75. The van der Waals surface area contributed by atoms with Crippen LogP contribution in [0.3, 0.4) is 0 Å². The lowest BCUT2D eigenvalue weighted by atomic mass is 9.73. The van der Waals surface area contributed by atoms with Crippen molar-refractivity contribution < 1.29 is 18.7 Å². The van der Waals surface area contributed by atoms with E-state index in [-0.39, 0.29) is 18.2 Å². The molecule has 4 heteroatoms. The van der Waals surface area contributed by atoms with Crippen LogP contribution in [-0.2, 0) is 14.3 Å². The van der Waals surface area contributed by atoms with Crippen LogP contribution in [-0.4, -0.2) is 18.4 Å². The predicted octanol–water partition coefficient (Wildman–Crippen LogP) is 4.15. The summed E-state index contributed by atoms with van der Waals surface area (Å²) in [7, 11) is 0. The predicted molar refractivity (Wildman–Crippen MR) is 93.3 cm³/mol. The van der Waals surface area contributed by atoms with E-state index in [1.165, 1.54) is 18.2 Å². The highest BCUT2D eigenvalue weighted by atomic mass is 19.1. The van der Waals surface area contributed by atoms with Crippen molar-refractivity contribution >= 4 is 17.3 Å². The Labute approximate surface area is 146 Å². The standard InChI is InChI=1S/C21H19FO3/c1-2-25-21(24)20-18(15-9-6-10-17(22)11-15)12-16(13-19(20)23)14-7-4-3-5-8-14/h3-11,13,18,20H,2,12H2,1H3. The third kappa shape index (κ3) is 3.68. The first-order valence-corrected chi connectivity index (χ1v) is 8.32. The van der Waals surface area contributed by atoms with Crippen LogP contribution in [0.5, 0.6) is 0 Å². The van der Waals surface area contributed by atoms with Gasteiger partial charge in [-0.2, -0.15) is 0 Å². The van der Waals surface area contributed by atoms with Gasteiger partial charge in [-0.1, -0.05) is 42.5 Å². The fraction of sp³-hybridized carbons (Fsp3) is 0.238.